The monoisotopic (exact) mass is 400 g/mol. The molecule has 1 saturated heterocycles. The smallest absolute Gasteiger partial charge is 0.321 e. The van der Waals surface area contributed by atoms with Gasteiger partial charge in [0.15, 0.2) is 0 Å². The van der Waals surface area contributed by atoms with Crippen LogP contribution in [0.25, 0.3) is 10.9 Å². The van der Waals surface area contributed by atoms with E-state index in [2.05, 4.69) is 10.3 Å². The first-order chi connectivity index (χ1) is 13.5. The summed E-state index contributed by atoms with van der Waals surface area (Å²) in [6.45, 7) is 1.04. The Balaban J connectivity index is 1.45. The van der Waals surface area contributed by atoms with E-state index in [9.17, 15) is 14.0 Å². The molecule has 0 saturated carbocycles. The van der Waals surface area contributed by atoms with E-state index in [4.69, 9.17) is 11.6 Å². The van der Waals surface area contributed by atoms with Crippen molar-refractivity contribution in [3.8, 4) is 0 Å². The van der Waals surface area contributed by atoms with Gasteiger partial charge in [-0.1, -0.05) is 17.7 Å². The fourth-order valence-corrected chi connectivity index (χ4v) is 3.67. The molecule has 0 atom stereocenters. The van der Waals surface area contributed by atoms with E-state index in [1.54, 1.807) is 33.7 Å². The van der Waals surface area contributed by atoms with Gasteiger partial charge in [-0.05, 0) is 43.2 Å². The van der Waals surface area contributed by atoms with E-state index in [1.807, 2.05) is 0 Å². The normalized spacial score (nSPS) is 15.0. The van der Waals surface area contributed by atoms with Gasteiger partial charge in [-0.2, -0.15) is 0 Å². The number of aromatic nitrogens is 2. The summed E-state index contributed by atoms with van der Waals surface area (Å²) in [5.74, 6) is -0.420. The SMILES string of the molecule is O=C(Nc1cccc(Cl)c1)N1CCC(n2cnc3cc(F)ccc3c2=O)CC1. The molecule has 3 aromatic rings. The Kier molecular flexibility index (Phi) is 5.00. The predicted molar refractivity (Wildman–Crippen MR) is 106 cm³/mol. The summed E-state index contributed by atoms with van der Waals surface area (Å²) in [6.07, 6.45) is 2.74. The number of fused-ring (bicyclic) bond motifs is 1. The first kappa shape index (κ1) is 18.4. The minimum Gasteiger partial charge on any atom is -0.324 e. The second-order valence-electron chi connectivity index (χ2n) is 6.78. The predicted octanol–water partition coefficient (Wildman–Crippen LogP) is 4.06. The van der Waals surface area contributed by atoms with Crippen molar-refractivity contribution in [2.24, 2.45) is 0 Å². The van der Waals surface area contributed by atoms with Crippen molar-refractivity contribution in [3.05, 3.63) is 70.0 Å². The number of anilines is 1. The highest BCUT2D eigenvalue weighted by atomic mass is 35.5. The Morgan fingerprint density at radius 1 is 1.18 bits per heavy atom. The fourth-order valence-electron chi connectivity index (χ4n) is 3.48. The molecule has 144 valence electrons. The van der Waals surface area contributed by atoms with Crippen LogP contribution in [0.2, 0.25) is 5.02 Å². The third kappa shape index (κ3) is 3.71. The molecule has 2 amide bonds. The van der Waals surface area contributed by atoms with E-state index in [0.29, 0.717) is 47.5 Å². The lowest BCUT2D eigenvalue weighted by molar-refractivity contribution is 0.182. The number of likely N-dealkylation sites (tertiary alicyclic amines) is 1. The number of urea groups is 1. The number of rotatable bonds is 2. The average Bonchev–Trinajstić information content (AvgIpc) is 2.68. The van der Waals surface area contributed by atoms with Crippen LogP contribution >= 0.6 is 11.6 Å². The highest BCUT2D eigenvalue weighted by Gasteiger charge is 2.25. The molecule has 2 aromatic carbocycles. The Morgan fingerprint density at radius 2 is 1.96 bits per heavy atom. The zero-order valence-corrected chi connectivity index (χ0v) is 15.7. The van der Waals surface area contributed by atoms with Crippen LogP contribution in [0.3, 0.4) is 0 Å². The summed E-state index contributed by atoms with van der Waals surface area (Å²) in [4.78, 5) is 31.1. The fraction of sp³-hybridized carbons (Fsp3) is 0.250. The lowest BCUT2D eigenvalue weighted by atomic mass is 10.0. The molecule has 1 fully saturated rings. The molecule has 0 unspecified atom stereocenters. The number of nitrogens with one attached hydrogen (secondary N) is 1. The lowest BCUT2D eigenvalue weighted by Crippen LogP contribution is -2.42. The lowest BCUT2D eigenvalue weighted by Gasteiger charge is -2.32. The first-order valence-electron chi connectivity index (χ1n) is 8.99. The molecule has 0 bridgehead atoms. The summed E-state index contributed by atoms with van der Waals surface area (Å²) in [5, 5.41) is 3.78. The van der Waals surface area contributed by atoms with Gasteiger partial charge in [0.2, 0.25) is 0 Å². The third-order valence-corrected chi connectivity index (χ3v) is 5.20. The van der Waals surface area contributed by atoms with Crippen molar-refractivity contribution in [2.75, 3.05) is 18.4 Å². The van der Waals surface area contributed by atoms with Crippen LogP contribution in [-0.4, -0.2) is 33.6 Å². The molecule has 0 radical (unpaired) electrons. The zero-order valence-electron chi connectivity index (χ0n) is 14.9. The van der Waals surface area contributed by atoms with Gasteiger partial charge >= 0.3 is 6.03 Å². The van der Waals surface area contributed by atoms with E-state index in [-0.39, 0.29) is 17.6 Å². The second kappa shape index (κ2) is 7.59. The van der Waals surface area contributed by atoms with Crippen LogP contribution < -0.4 is 10.9 Å². The van der Waals surface area contributed by atoms with Gasteiger partial charge in [0.1, 0.15) is 5.82 Å². The highest BCUT2D eigenvalue weighted by Crippen LogP contribution is 2.23. The summed E-state index contributed by atoms with van der Waals surface area (Å²) < 4.78 is 14.9. The summed E-state index contributed by atoms with van der Waals surface area (Å²) in [6, 6.07) is 10.7. The van der Waals surface area contributed by atoms with E-state index in [0.717, 1.165) is 0 Å². The van der Waals surface area contributed by atoms with Crippen molar-refractivity contribution in [2.45, 2.75) is 18.9 Å². The van der Waals surface area contributed by atoms with Gasteiger partial charge in [-0.25, -0.2) is 14.2 Å². The molecule has 8 heteroatoms. The van der Waals surface area contributed by atoms with Crippen LogP contribution in [-0.2, 0) is 0 Å². The minimum absolute atomic E-state index is 0.0512. The number of halogens is 2. The van der Waals surface area contributed by atoms with Gasteiger partial charge < -0.3 is 10.2 Å². The number of hydrogen-bond donors (Lipinski definition) is 1. The maximum atomic E-state index is 13.3. The van der Waals surface area contributed by atoms with Gasteiger partial charge in [-0.3, -0.25) is 9.36 Å². The van der Waals surface area contributed by atoms with Crippen molar-refractivity contribution < 1.29 is 9.18 Å². The van der Waals surface area contributed by atoms with Gasteiger partial charge in [0.25, 0.3) is 5.56 Å². The molecule has 0 spiro atoms. The highest BCUT2D eigenvalue weighted by molar-refractivity contribution is 6.30. The largest absolute Gasteiger partial charge is 0.324 e. The number of carbonyl (C=O) groups excluding carboxylic acids is 1. The number of piperidine rings is 1. The second-order valence-corrected chi connectivity index (χ2v) is 7.21. The van der Waals surface area contributed by atoms with E-state index in [1.165, 1.54) is 24.5 Å². The molecular weight excluding hydrogens is 383 g/mol. The van der Waals surface area contributed by atoms with Gasteiger partial charge in [0.05, 0.1) is 17.2 Å². The van der Waals surface area contributed by atoms with Gasteiger partial charge in [0, 0.05) is 35.9 Å². The molecule has 1 aliphatic rings. The number of benzene rings is 2. The molecule has 4 rings (SSSR count). The zero-order chi connectivity index (χ0) is 19.7. The summed E-state index contributed by atoms with van der Waals surface area (Å²) in [5.41, 5.74) is 0.799. The summed E-state index contributed by atoms with van der Waals surface area (Å²) >= 11 is 5.94. The molecule has 1 aliphatic heterocycles. The van der Waals surface area contributed by atoms with Crippen LogP contribution in [0.1, 0.15) is 18.9 Å². The van der Waals surface area contributed by atoms with Crippen molar-refractivity contribution in [3.63, 3.8) is 0 Å². The van der Waals surface area contributed by atoms with E-state index >= 15 is 0 Å². The van der Waals surface area contributed by atoms with Gasteiger partial charge in [-0.15, -0.1) is 0 Å². The molecule has 0 aliphatic carbocycles. The van der Waals surface area contributed by atoms with Crippen LogP contribution in [0.4, 0.5) is 14.9 Å². The molecule has 28 heavy (non-hydrogen) atoms. The molecule has 1 N–H and O–H groups in total. The van der Waals surface area contributed by atoms with Crippen LogP contribution in [0.5, 0.6) is 0 Å². The first-order valence-corrected chi connectivity index (χ1v) is 9.37. The van der Waals surface area contributed by atoms with Crippen LogP contribution in [0.15, 0.2) is 53.6 Å². The Labute approximate surface area is 165 Å². The molecule has 6 nitrogen and oxygen atoms in total. The maximum Gasteiger partial charge on any atom is 0.321 e. The third-order valence-electron chi connectivity index (χ3n) is 4.97. The van der Waals surface area contributed by atoms with Crippen molar-refractivity contribution in [1.29, 1.82) is 0 Å². The summed E-state index contributed by atoms with van der Waals surface area (Å²) in [7, 11) is 0. The Hall–Kier alpha value is -2.93. The van der Waals surface area contributed by atoms with E-state index < -0.39 is 5.82 Å². The topological polar surface area (TPSA) is 67.2 Å². The van der Waals surface area contributed by atoms with Crippen molar-refractivity contribution in [1.82, 2.24) is 14.5 Å². The number of carbonyl (C=O) groups is 1. The quantitative estimate of drug-likeness (QED) is 0.705. The molecular formula is C20H18ClFN4O2. The maximum absolute atomic E-state index is 13.3. The van der Waals surface area contributed by atoms with Crippen molar-refractivity contribution >= 4 is 34.2 Å². The average molecular weight is 401 g/mol. The standard InChI is InChI=1S/C20H18ClFN4O2/c21-13-2-1-3-15(10-13)24-20(28)25-8-6-16(7-9-25)26-12-23-18-11-14(22)4-5-17(18)19(26)27/h1-5,10-12,16H,6-9H2,(H,24,28). The Bertz CT molecular complexity index is 1090. The van der Waals surface area contributed by atoms with Crippen LogP contribution in [0, 0.1) is 5.82 Å². The number of hydrogen-bond acceptors (Lipinski definition) is 3. The minimum atomic E-state index is -0.420. The number of amides is 2. The Morgan fingerprint density at radius 3 is 2.71 bits per heavy atom. The molecule has 1 aromatic heterocycles. The molecule has 2 heterocycles. The number of nitrogens with zero attached hydrogens (tertiary/aromatic N) is 3.